The average Bonchev–Trinajstić information content (AvgIpc) is 3.09. The van der Waals surface area contributed by atoms with Crippen molar-refractivity contribution in [3.63, 3.8) is 0 Å². The van der Waals surface area contributed by atoms with Crippen molar-refractivity contribution in [3.05, 3.63) is 41.7 Å². The van der Waals surface area contributed by atoms with Crippen LogP contribution in [0.5, 0.6) is 0 Å². The Labute approximate surface area is 146 Å². The first-order valence-corrected chi connectivity index (χ1v) is 8.46. The predicted molar refractivity (Wildman–Crippen MR) is 93.6 cm³/mol. The van der Waals surface area contributed by atoms with E-state index in [0.29, 0.717) is 29.5 Å². The number of hydrogen-bond acceptors (Lipinski definition) is 3. The van der Waals surface area contributed by atoms with E-state index in [2.05, 4.69) is 10.4 Å². The van der Waals surface area contributed by atoms with Gasteiger partial charge in [-0.15, -0.1) is 0 Å². The van der Waals surface area contributed by atoms with Crippen molar-refractivity contribution in [3.8, 4) is 5.69 Å². The molecule has 2 amide bonds. The first kappa shape index (κ1) is 16.8. The van der Waals surface area contributed by atoms with Gasteiger partial charge in [0.25, 0.3) is 0 Å². The Morgan fingerprint density at radius 1 is 1.38 bits per heavy atom. The fourth-order valence-electron chi connectivity index (χ4n) is 3.03. The van der Waals surface area contributed by atoms with Crippen LogP contribution in [0.2, 0.25) is 5.02 Å². The molecule has 128 valence electrons. The number of piperidine rings is 1. The number of nitrogens with one attached hydrogen (secondary N) is 1. The second-order valence-electron chi connectivity index (χ2n) is 6.08. The molecular formula is C17H21ClN4O2. The van der Waals surface area contributed by atoms with Gasteiger partial charge < -0.3 is 15.3 Å². The monoisotopic (exact) mass is 348 g/mol. The number of aliphatic hydroxyl groups is 1. The van der Waals surface area contributed by atoms with Gasteiger partial charge in [-0.05, 0) is 43.9 Å². The van der Waals surface area contributed by atoms with Crippen molar-refractivity contribution in [2.24, 2.45) is 5.92 Å². The van der Waals surface area contributed by atoms with E-state index in [1.165, 1.54) is 0 Å². The number of amides is 2. The Bertz CT molecular complexity index is 695. The minimum Gasteiger partial charge on any atom is -0.393 e. The normalized spacial score (nSPS) is 16.9. The zero-order chi connectivity index (χ0) is 17.1. The number of urea groups is 1. The molecule has 2 heterocycles. The Kier molecular flexibility index (Phi) is 5.06. The highest BCUT2D eigenvalue weighted by Gasteiger charge is 2.26. The summed E-state index contributed by atoms with van der Waals surface area (Å²) in [6.07, 6.45) is 4.75. The van der Waals surface area contributed by atoms with Crippen LogP contribution >= 0.6 is 11.6 Å². The molecule has 2 N–H and O–H groups in total. The maximum atomic E-state index is 12.6. The molecule has 3 rings (SSSR count). The molecule has 1 aliphatic rings. The maximum Gasteiger partial charge on any atom is 0.321 e. The lowest BCUT2D eigenvalue weighted by atomic mass is 9.92. The van der Waals surface area contributed by atoms with E-state index in [1.807, 2.05) is 13.0 Å². The first-order chi connectivity index (χ1) is 11.6. The van der Waals surface area contributed by atoms with Crippen molar-refractivity contribution in [1.29, 1.82) is 0 Å². The number of hydrogen-bond donors (Lipinski definition) is 2. The van der Waals surface area contributed by atoms with Crippen molar-refractivity contribution in [2.45, 2.75) is 25.9 Å². The van der Waals surface area contributed by atoms with Gasteiger partial charge in [0.1, 0.15) is 5.69 Å². The van der Waals surface area contributed by atoms with E-state index in [0.717, 1.165) is 12.8 Å². The molecule has 1 aliphatic heterocycles. The Hall–Kier alpha value is -2.05. The highest BCUT2D eigenvalue weighted by molar-refractivity contribution is 6.33. The summed E-state index contributed by atoms with van der Waals surface area (Å²) in [7, 11) is 0. The Morgan fingerprint density at radius 3 is 2.75 bits per heavy atom. The maximum absolute atomic E-state index is 12.6. The third-order valence-electron chi connectivity index (χ3n) is 4.47. The Balaban J connectivity index is 1.73. The summed E-state index contributed by atoms with van der Waals surface area (Å²) in [6, 6.07) is 7.02. The Morgan fingerprint density at radius 2 is 2.12 bits per heavy atom. The third kappa shape index (κ3) is 3.55. The van der Waals surface area contributed by atoms with E-state index in [1.54, 1.807) is 40.2 Å². The van der Waals surface area contributed by atoms with Gasteiger partial charge in [0, 0.05) is 25.5 Å². The van der Waals surface area contributed by atoms with Crippen molar-refractivity contribution in [2.75, 3.05) is 18.4 Å². The molecule has 0 aliphatic carbocycles. The molecule has 1 aromatic carbocycles. The molecule has 0 saturated carbocycles. The number of aliphatic hydroxyl groups excluding tert-OH is 1. The average molecular weight is 349 g/mol. The molecule has 7 heteroatoms. The van der Waals surface area contributed by atoms with Crippen LogP contribution in [0.3, 0.4) is 0 Å². The number of anilines is 1. The summed E-state index contributed by atoms with van der Waals surface area (Å²) in [5.74, 6) is 0.264. The smallest absolute Gasteiger partial charge is 0.321 e. The molecule has 1 saturated heterocycles. The number of benzene rings is 1. The number of carbonyl (C=O) groups is 1. The molecule has 2 aromatic rings. The van der Waals surface area contributed by atoms with Crippen molar-refractivity contribution >= 4 is 23.3 Å². The quantitative estimate of drug-likeness (QED) is 0.895. The SMILES string of the molecule is CC(O)C1CCN(C(=O)Nc2cccc(Cl)c2-n2cccn2)CC1. The summed E-state index contributed by atoms with van der Waals surface area (Å²) in [5, 5.41) is 17.3. The van der Waals surface area contributed by atoms with Crippen LogP contribution in [-0.2, 0) is 0 Å². The highest BCUT2D eigenvalue weighted by atomic mass is 35.5. The summed E-state index contributed by atoms with van der Waals surface area (Å²) in [4.78, 5) is 14.3. The molecule has 1 aromatic heterocycles. The third-order valence-corrected chi connectivity index (χ3v) is 4.78. The first-order valence-electron chi connectivity index (χ1n) is 8.09. The summed E-state index contributed by atoms with van der Waals surface area (Å²) < 4.78 is 1.64. The number of carbonyl (C=O) groups excluding carboxylic acids is 1. The van der Waals surface area contributed by atoms with Gasteiger partial charge in [0.15, 0.2) is 0 Å². The van der Waals surface area contributed by atoms with Crippen molar-refractivity contribution in [1.82, 2.24) is 14.7 Å². The van der Waals surface area contributed by atoms with Crippen LogP contribution < -0.4 is 5.32 Å². The second-order valence-corrected chi connectivity index (χ2v) is 6.49. The van der Waals surface area contributed by atoms with E-state index in [4.69, 9.17) is 11.6 Å². The molecule has 1 atom stereocenters. The van der Waals surface area contributed by atoms with Gasteiger partial charge in [-0.3, -0.25) is 0 Å². The largest absolute Gasteiger partial charge is 0.393 e. The van der Waals surface area contributed by atoms with Gasteiger partial charge in [-0.25, -0.2) is 9.48 Å². The van der Waals surface area contributed by atoms with Gasteiger partial charge in [0.05, 0.1) is 16.8 Å². The zero-order valence-electron chi connectivity index (χ0n) is 13.5. The lowest BCUT2D eigenvalue weighted by Crippen LogP contribution is -2.43. The van der Waals surface area contributed by atoms with Gasteiger partial charge >= 0.3 is 6.03 Å². The van der Waals surface area contributed by atoms with Crippen LogP contribution in [-0.4, -0.2) is 45.0 Å². The summed E-state index contributed by atoms with van der Waals surface area (Å²) in [5.41, 5.74) is 1.27. The molecule has 6 nitrogen and oxygen atoms in total. The van der Waals surface area contributed by atoms with Crippen LogP contribution in [0.4, 0.5) is 10.5 Å². The lowest BCUT2D eigenvalue weighted by molar-refractivity contribution is 0.0820. The number of likely N-dealkylation sites (tertiary alicyclic amines) is 1. The fourth-order valence-corrected chi connectivity index (χ4v) is 3.29. The molecule has 0 bridgehead atoms. The minimum absolute atomic E-state index is 0.158. The minimum atomic E-state index is -0.324. The fraction of sp³-hybridized carbons (Fsp3) is 0.412. The van der Waals surface area contributed by atoms with E-state index >= 15 is 0 Å². The molecule has 0 radical (unpaired) electrons. The van der Waals surface area contributed by atoms with E-state index < -0.39 is 0 Å². The number of para-hydroxylation sites is 1. The number of rotatable bonds is 3. The van der Waals surface area contributed by atoms with Crippen molar-refractivity contribution < 1.29 is 9.90 Å². The zero-order valence-corrected chi connectivity index (χ0v) is 14.3. The van der Waals surface area contributed by atoms with Crippen LogP contribution in [0.25, 0.3) is 5.69 Å². The molecule has 1 fully saturated rings. The second kappa shape index (κ2) is 7.23. The lowest BCUT2D eigenvalue weighted by Gasteiger charge is -2.33. The highest BCUT2D eigenvalue weighted by Crippen LogP contribution is 2.29. The van der Waals surface area contributed by atoms with E-state index in [9.17, 15) is 9.90 Å². The van der Waals surface area contributed by atoms with Gasteiger partial charge in [0.2, 0.25) is 0 Å². The molecular weight excluding hydrogens is 328 g/mol. The standard InChI is InChI=1S/C17H21ClN4O2/c1-12(23)13-6-10-21(11-7-13)17(24)20-15-5-2-4-14(18)16(15)22-9-3-8-19-22/h2-5,8-9,12-13,23H,6-7,10-11H2,1H3,(H,20,24). The number of halogens is 1. The number of nitrogens with zero attached hydrogens (tertiary/aromatic N) is 3. The molecule has 24 heavy (non-hydrogen) atoms. The van der Waals surface area contributed by atoms with Gasteiger partial charge in [-0.1, -0.05) is 17.7 Å². The van der Waals surface area contributed by atoms with Crippen LogP contribution in [0, 0.1) is 5.92 Å². The van der Waals surface area contributed by atoms with Crippen LogP contribution in [0.15, 0.2) is 36.7 Å². The predicted octanol–water partition coefficient (Wildman–Crippen LogP) is 3.15. The number of aromatic nitrogens is 2. The van der Waals surface area contributed by atoms with Gasteiger partial charge in [-0.2, -0.15) is 5.10 Å². The summed E-state index contributed by atoms with van der Waals surface area (Å²) >= 11 is 6.29. The van der Waals surface area contributed by atoms with Crippen LogP contribution in [0.1, 0.15) is 19.8 Å². The summed E-state index contributed by atoms with van der Waals surface area (Å²) in [6.45, 7) is 3.08. The van der Waals surface area contributed by atoms with E-state index in [-0.39, 0.29) is 18.1 Å². The topological polar surface area (TPSA) is 70.4 Å². The molecule has 1 unspecified atom stereocenters. The molecule has 0 spiro atoms.